The maximum Gasteiger partial charge on any atom is 0.119 e. The van der Waals surface area contributed by atoms with Crippen molar-refractivity contribution in [2.45, 2.75) is 54.4 Å². The first-order valence-electron chi connectivity index (χ1n) is 7.53. The molecule has 1 nitrogen and oxygen atoms in total. The molecule has 19 heavy (non-hydrogen) atoms. The van der Waals surface area contributed by atoms with Crippen LogP contribution in [-0.4, -0.2) is 6.61 Å². The molecule has 0 N–H and O–H groups in total. The number of hydrogen-bond donors (Lipinski definition) is 0. The van der Waals surface area contributed by atoms with E-state index in [4.69, 9.17) is 4.74 Å². The van der Waals surface area contributed by atoms with Crippen LogP contribution < -0.4 is 4.74 Å². The van der Waals surface area contributed by atoms with E-state index in [1.54, 1.807) is 0 Å². The summed E-state index contributed by atoms with van der Waals surface area (Å²) in [6, 6.07) is 8.53. The molecule has 0 fully saturated rings. The molecular formula is C18H30O. The molecule has 0 saturated carbocycles. The van der Waals surface area contributed by atoms with Crippen molar-refractivity contribution in [3.05, 3.63) is 29.8 Å². The Morgan fingerprint density at radius 1 is 1.11 bits per heavy atom. The zero-order valence-corrected chi connectivity index (χ0v) is 13.5. The Kier molecular flexibility index (Phi) is 5.90. The quantitative estimate of drug-likeness (QED) is 0.645. The molecule has 1 aromatic rings. The van der Waals surface area contributed by atoms with Crippen LogP contribution in [0.3, 0.4) is 0 Å². The molecule has 0 aliphatic heterocycles. The summed E-state index contributed by atoms with van der Waals surface area (Å²) < 4.78 is 5.91. The van der Waals surface area contributed by atoms with Crippen LogP contribution >= 0.6 is 0 Å². The topological polar surface area (TPSA) is 9.23 Å². The van der Waals surface area contributed by atoms with Crippen LogP contribution in [0.4, 0.5) is 0 Å². The number of ether oxygens (including phenoxy) is 1. The van der Waals surface area contributed by atoms with Gasteiger partial charge in [0.05, 0.1) is 6.61 Å². The summed E-state index contributed by atoms with van der Waals surface area (Å²) in [5.41, 5.74) is 1.71. The highest BCUT2D eigenvalue weighted by atomic mass is 16.5. The minimum atomic E-state index is 0.343. The smallest absolute Gasteiger partial charge is 0.119 e. The summed E-state index contributed by atoms with van der Waals surface area (Å²) in [6.07, 6.45) is 2.22. The van der Waals surface area contributed by atoms with Crippen LogP contribution in [0.2, 0.25) is 0 Å². The van der Waals surface area contributed by atoms with Gasteiger partial charge in [0.2, 0.25) is 0 Å². The minimum absolute atomic E-state index is 0.343. The highest BCUT2D eigenvalue weighted by Crippen LogP contribution is 2.30. The van der Waals surface area contributed by atoms with E-state index in [2.05, 4.69) is 65.8 Å². The third-order valence-electron chi connectivity index (χ3n) is 4.12. The normalized spacial score (nSPS) is 12.2. The van der Waals surface area contributed by atoms with Gasteiger partial charge in [-0.15, -0.1) is 0 Å². The summed E-state index contributed by atoms with van der Waals surface area (Å²) in [6.45, 7) is 14.5. The van der Waals surface area contributed by atoms with Crippen molar-refractivity contribution in [1.82, 2.24) is 0 Å². The lowest BCUT2D eigenvalue weighted by molar-refractivity contribution is 0.175. The molecule has 0 spiro atoms. The highest BCUT2D eigenvalue weighted by Gasteiger charge is 2.21. The fraction of sp³-hybridized carbons (Fsp3) is 0.667. The molecule has 0 aromatic heterocycles. The van der Waals surface area contributed by atoms with E-state index in [9.17, 15) is 0 Å². The van der Waals surface area contributed by atoms with Crippen molar-refractivity contribution in [2.24, 2.45) is 17.3 Å². The van der Waals surface area contributed by atoms with Crippen LogP contribution in [0.5, 0.6) is 5.75 Å². The molecule has 0 heterocycles. The molecule has 1 heteroatoms. The van der Waals surface area contributed by atoms with Crippen molar-refractivity contribution in [2.75, 3.05) is 6.61 Å². The van der Waals surface area contributed by atoms with E-state index in [0.29, 0.717) is 17.3 Å². The van der Waals surface area contributed by atoms with Gasteiger partial charge in [0, 0.05) is 0 Å². The average Bonchev–Trinajstić information content (AvgIpc) is 2.28. The van der Waals surface area contributed by atoms with Gasteiger partial charge in [-0.05, 0) is 47.8 Å². The third kappa shape index (κ3) is 5.67. The van der Waals surface area contributed by atoms with Crippen LogP contribution in [0.1, 0.15) is 53.5 Å². The van der Waals surface area contributed by atoms with Crippen LogP contribution in [0.15, 0.2) is 24.3 Å². The molecule has 0 radical (unpaired) electrons. The van der Waals surface area contributed by atoms with Crippen molar-refractivity contribution < 1.29 is 4.74 Å². The standard InChI is InChI=1S/C18H30O/c1-14(2)12-16-8-7-9-17(13-16)19-11-10-18(5,6)15(3)4/h7-9,13-15H,10-12H2,1-6H3. The van der Waals surface area contributed by atoms with E-state index in [-0.39, 0.29) is 0 Å². The second-order valence-electron chi connectivity index (χ2n) is 6.99. The molecular weight excluding hydrogens is 232 g/mol. The first-order chi connectivity index (χ1) is 8.81. The van der Waals surface area contributed by atoms with Gasteiger partial charge in [0.25, 0.3) is 0 Å². The first-order valence-corrected chi connectivity index (χ1v) is 7.53. The van der Waals surface area contributed by atoms with Gasteiger partial charge in [-0.1, -0.05) is 53.7 Å². The number of hydrogen-bond acceptors (Lipinski definition) is 1. The lowest BCUT2D eigenvalue weighted by Crippen LogP contribution is -2.22. The van der Waals surface area contributed by atoms with Crippen molar-refractivity contribution in [1.29, 1.82) is 0 Å². The fourth-order valence-electron chi connectivity index (χ4n) is 1.95. The van der Waals surface area contributed by atoms with Crippen LogP contribution in [-0.2, 0) is 6.42 Å². The Bertz CT molecular complexity index is 377. The monoisotopic (exact) mass is 262 g/mol. The van der Waals surface area contributed by atoms with Gasteiger partial charge >= 0.3 is 0 Å². The zero-order chi connectivity index (χ0) is 14.5. The molecule has 0 unspecified atom stereocenters. The lowest BCUT2D eigenvalue weighted by Gasteiger charge is -2.29. The van der Waals surface area contributed by atoms with Gasteiger partial charge in [0.1, 0.15) is 5.75 Å². The van der Waals surface area contributed by atoms with Gasteiger partial charge < -0.3 is 4.74 Å². The average molecular weight is 262 g/mol. The Labute approximate surface area is 119 Å². The van der Waals surface area contributed by atoms with Crippen molar-refractivity contribution >= 4 is 0 Å². The predicted octanol–water partition coefficient (Wildman–Crippen LogP) is 5.34. The molecule has 0 atom stereocenters. The molecule has 0 bridgehead atoms. The van der Waals surface area contributed by atoms with Crippen LogP contribution in [0.25, 0.3) is 0 Å². The second kappa shape index (κ2) is 6.98. The van der Waals surface area contributed by atoms with Crippen molar-refractivity contribution in [3.63, 3.8) is 0 Å². The maximum absolute atomic E-state index is 5.91. The molecule has 0 aliphatic carbocycles. The van der Waals surface area contributed by atoms with E-state index < -0.39 is 0 Å². The Morgan fingerprint density at radius 2 is 1.79 bits per heavy atom. The Morgan fingerprint density at radius 3 is 2.37 bits per heavy atom. The zero-order valence-electron chi connectivity index (χ0n) is 13.5. The third-order valence-corrected chi connectivity index (χ3v) is 4.12. The summed E-state index contributed by atoms with van der Waals surface area (Å²) in [5.74, 6) is 2.39. The molecule has 0 saturated heterocycles. The predicted molar refractivity (Wildman–Crippen MR) is 83.7 cm³/mol. The summed E-state index contributed by atoms with van der Waals surface area (Å²) in [7, 11) is 0. The first kappa shape index (κ1) is 16.1. The van der Waals surface area contributed by atoms with Crippen molar-refractivity contribution in [3.8, 4) is 5.75 Å². The van der Waals surface area contributed by atoms with E-state index in [1.165, 1.54) is 5.56 Å². The summed E-state index contributed by atoms with van der Waals surface area (Å²) in [4.78, 5) is 0. The van der Waals surface area contributed by atoms with Gasteiger partial charge in [-0.25, -0.2) is 0 Å². The SMILES string of the molecule is CC(C)Cc1cccc(OCCC(C)(C)C(C)C)c1. The highest BCUT2D eigenvalue weighted by molar-refractivity contribution is 5.28. The van der Waals surface area contributed by atoms with E-state index >= 15 is 0 Å². The summed E-state index contributed by atoms with van der Waals surface area (Å²) in [5, 5.41) is 0. The fourth-order valence-corrected chi connectivity index (χ4v) is 1.95. The van der Waals surface area contributed by atoms with Gasteiger partial charge in [0.15, 0.2) is 0 Å². The van der Waals surface area contributed by atoms with E-state index in [1.807, 2.05) is 0 Å². The van der Waals surface area contributed by atoms with E-state index in [0.717, 1.165) is 25.2 Å². The minimum Gasteiger partial charge on any atom is -0.494 e. The molecule has 0 amide bonds. The number of benzene rings is 1. The molecule has 108 valence electrons. The maximum atomic E-state index is 5.91. The van der Waals surface area contributed by atoms with Crippen LogP contribution in [0, 0.1) is 17.3 Å². The Balaban J connectivity index is 2.50. The molecule has 0 aliphatic rings. The largest absolute Gasteiger partial charge is 0.494 e. The summed E-state index contributed by atoms with van der Waals surface area (Å²) >= 11 is 0. The second-order valence-corrected chi connectivity index (χ2v) is 6.99. The Hall–Kier alpha value is -0.980. The molecule has 1 aromatic carbocycles. The number of rotatable bonds is 7. The van der Waals surface area contributed by atoms with Gasteiger partial charge in [-0.3, -0.25) is 0 Å². The molecule has 1 rings (SSSR count). The van der Waals surface area contributed by atoms with Gasteiger partial charge in [-0.2, -0.15) is 0 Å². The lowest BCUT2D eigenvalue weighted by atomic mass is 9.79.